The Labute approximate surface area is 169 Å². The molecule has 0 aliphatic heterocycles. The van der Waals surface area contributed by atoms with Gasteiger partial charge in [0.25, 0.3) is 5.91 Å². The molecule has 0 aliphatic carbocycles. The Kier molecular flexibility index (Phi) is 5.16. The number of hydrogen-bond acceptors (Lipinski definition) is 7. The molecule has 4 rings (SSSR count). The van der Waals surface area contributed by atoms with Crippen molar-refractivity contribution < 1.29 is 18.7 Å². The van der Waals surface area contributed by atoms with Gasteiger partial charge in [0.2, 0.25) is 0 Å². The number of hydrogen-bond donors (Lipinski definition) is 1. The number of carbonyl (C=O) groups is 2. The van der Waals surface area contributed by atoms with Crippen LogP contribution in [0.4, 0.5) is 10.1 Å². The van der Waals surface area contributed by atoms with Crippen molar-refractivity contribution in [2.75, 3.05) is 11.9 Å². The highest BCUT2D eigenvalue weighted by Crippen LogP contribution is 2.18. The van der Waals surface area contributed by atoms with Gasteiger partial charge in [0, 0.05) is 12.4 Å². The third-order valence-corrected chi connectivity index (χ3v) is 4.33. The summed E-state index contributed by atoms with van der Waals surface area (Å²) in [6.45, 7) is 1.37. The number of anilines is 1. The van der Waals surface area contributed by atoms with Crippen LogP contribution in [0.2, 0.25) is 0 Å². The fraction of sp³-hybridized carbons (Fsp3) is 0.158. The highest BCUT2D eigenvalue weighted by Gasteiger charge is 2.14. The molecule has 0 saturated carbocycles. The van der Waals surface area contributed by atoms with Gasteiger partial charge in [-0.25, -0.2) is 14.1 Å². The molecule has 0 atom stereocenters. The Hall–Kier alpha value is -4.15. The van der Waals surface area contributed by atoms with Crippen LogP contribution < -0.4 is 5.32 Å². The number of fused-ring (bicyclic) bond motifs is 1. The van der Waals surface area contributed by atoms with Gasteiger partial charge in [0.15, 0.2) is 6.61 Å². The smallest absolute Gasteiger partial charge is 0.312 e. The van der Waals surface area contributed by atoms with E-state index in [0.29, 0.717) is 11.4 Å². The molecule has 3 heterocycles. The van der Waals surface area contributed by atoms with Crippen LogP contribution in [0.25, 0.3) is 11.3 Å². The van der Waals surface area contributed by atoms with Crippen molar-refractivity contribution >= 4 is 23.2 Å². The zero-order chi connectivity index (χ0) is 21.1. The van der Waals surface area contributed by atoms with Gasteiger partial charge in [-0.15, -0.1) is 5.10 Å². The van der Waals surface area contributed by atoms with E-state index in [-0.39, 0.29) is 12.1 Å². The van der Waals surface area contributed by atoms with E-state index in [4.69, 9.17) is 4.74 Å². The predicted molar refractivity (Wildman–Crippen MR) is 102 cm³/mol. The number of halogens is 1. The van der Waals surface area contributed by atoms with E-state index in [9.17, 15) is 14.0 Å². The van der Waals surface area contributed by atoms with Gasteiger partial charge in [0.05, 0.1) is 23.5 Å². The van der Waals surface area contributed by atoms with E-state index < -0.39 is 24.3 Å². The van der Waals surface area contributed by atoms with Crippen molar-refractivity contribution in [2.24, 2.45) is 0 Å². The predicted octanol–water partition coefficient (Wildman–Crippen LogP) is 1.48. The van der Waals surface area contributed by atoms with Crippen LogP contribution >= 0.6 is 0 Å². The molecule has 1 aromatic carbocycles. The molecule has 152 valence electrons. The van der Waals surface area contributed by atoms with Crippen LogP contribution in [0.15, 0.2) is 49.1 Å². The number of nitrogens with one attached hydrogen (secondary N) is 1. The van der Waals surface area contributed by atoms with Crippen molar-refractivity contribution in [1.82, 2.24) is 29.6 Å². The maximum atomic E-state index is 14.0. The second-order valence-corrected chi connectivity index (χ2v) is 6.44. The SMILES string of the molecule is Cc1cccn2c(CC(=O)OCC(=O)Nc3cc(-n4cnnn4)ccc3F)cnc12. The molecule has 3 aromatic heterocycles. The number of tetrazole rings is 1. The first-order valence-corrected chi connectivity index (χ1v) is 8.91. The minimum Gasteiger partial charge on any atom is -0.455 e. The number of amides is 1. The third-order valence-electron chi connectivity index (χ3n) is 4.33. The highest BCUT2D eigenvalue weighted by molar-refractivity contribution is 5.93. The fourth-order valence-corrected chi connectivity index (χ4v) is 2.90. The number of ether oxygens (including phenoxy) is 1. The first-order valence-electron chi connectivity index (χ1n) is 8.91. The van der Waals surface area contributed by atoms with E-state index in [0.717, 1.165) is 11.2 Å². The van der Waals surface area contributed by atoms with E-state index in [1.54, 1.807) is 16.8 Å². The number of aromatic nitrogens is 6. The number of rotatable bonds is 6. The van der Waals surface area contributed by atoms with E-state index in [2.05, 4.69) is 25.8 Å². The number of esters is 1. The van der Waals surface area contributed by atoms with Crippen molar-refractivity contribution in [3.05, 3.63) is 66.1 Å². The van der Waals surface area contributed by atoms with Crippen molar-refractivity contribution in [1.29, 1.82) is 0 Å². The summed E-state index contributed by atoms with van der Waals surface area (Å²) in [5.74, 6) is -1.92. The molecule has 0 spiro atoms. The van der Waals surface area contributed by atoms with Crippen LogP contribution in [-0.2, 0) is 20.7 Å². The molecule has 0 bridgehead atoms. The minimum atomic E-state index is -0.676. The molecule has 0 unspecified atom stereocenters. The topological polar surface area (TPSA) is 116 Å². The summed E-state index contributed by atoms with van der Waals surface area (Å²) in [6, 6.07) is 7.77. The lowest BCUT2D eigenvalue weighted by Gasteiger charge is -2.09. The van der Waals surface area contributed by atoms with E-state index in [1.165, 1.54) is 29.2 Å². The van der Waals surface area contributed by atoms with Gasteiger partial charge in [-0.1, -0.05) is 6.07 Å². The number of benzene rings is 1. The molecular formula is C19H16FN7O3. The van der Waals surface area contributed by atoms with Gasteiger partial charge >= 0.3 is 5.97 Å². The summed E-state index contributed by atoms with van der Waals surface area (Å²) in [4.78, 5) is 28.5. The number of pyridine rings is 1. The molecule has 4 aromatic rings. The molecular weight excluding hydrogens is 393 g/mol. The Balaban J connectivity index is 1.36. The highest BCUT2D eigenvalue weighted by atomic mass is 19.1. The maximum Gasteiger partial charge on any atom is 0.312 e. The maximum absolute atomic E-state index is 14.0. The lowest BCUT2D eigenvalue weighted by Crippen LogP contribution is -2.22. The average Bonchev–Trinajstić information content (AvgIpc) is 3.40. The fourth-order valence-electron chi connectivity index (χ4n) is 2.90. The van der Waals surface area contributed by atoms with E-state index in [1.807, 2.05) is 19.1 Å². The van der Waals surface area contributed by atoms with Gasteiger partial charge < -0.3 is 14.5 Å². The molecule has 0 radical (unpaired) electrons. The van der Waals surface area contributed by atoms with Crippen LogP contribution in [0.5, 0.6) is 0 Å². The average molecular weight is 409 g/mol. The summed E-state index contributed by atoms with van der Waals surface area (Å²) in [5, 5.41) is 13.1. The molecule has 30 heavy (non-hydrogen) atoms. The minimum absolute atomic E-state index is 0.0545. The first kappa shape index (κ1) is 19.2. The number of imidazole rings is 1. The lowest BCUT2D eigenvalue weighted by atomic mass is 10.2. The summed E-state index contributed by atoms with van der Waals surface area (Å²) in [6.07, 6.45) is 4.66. The van der Waals surface area contributed by atoms with Crippen molar-refractivity contribution in [3.63, 3.8) is 0 Å². The first-order chi connectivity index (χ1) is 14.5. The summed E-state index contributed by atoms with van der Waals surface area (Å²) >= 11 is 0. The van der Waals surface area contributed by atoms with Crippen LogP contribution in [-0.4, -0.2) is 48.1 Å². The normalized spacial score (nSPS) is 10.9. The summed E-state index contributed by atoms with van der Waals surface area (Å²) in [7, 11) is 0. The molecule has 11 heteroatoms. The van der Waals surface area contributed by atoms with Crippen molar-refractivity contribution in [3.8, 4) is 5.69 Å². The van der Waals surface area contributed by atoms with Gasteiger partial charge in [-0.05, 0) is 47.2 Å². The van der Waals surface area contributed by atoms with Gasteiger partial charge in [-0.2, -0.15) is 0 Å². The van der Waals surface area contributed by atoms with E-state index >= 15 is 0 Å². The zero-order valence-electron chi connectivity index (χ0n) is 15.8. The molecule has 1 N–H and O–H groups in total. The standard InChI is InChI=1S/C19H16FN7O3/c1-12-3-2-6-26-14(9-21-19(12)26)8-18(29)30-10-17(28)23-16-7-13(4-5-15(16)20)27-11-22-24-25-27/h2-7,9,11H,8,10H2,1H3,(H,23,28). The Morgan fingerprint density at radius 3 is 2.93 bits per heavy atom. The Morgan fingerprint density at radius 2 is 2.13 bits per heavy atom. The van der Waals surface area contributed by atoms with Gasteiger partial charge in [-0.3, -0.25) is 9.59 Å². The second-order valence-electron chi connectivity index (χ2n) is 6.44. The van der Waals surface area contributed by atoms with Crippen molar-refractivity contribution in [2.45, 2.75) is 13.3 Å². The number of nitrogens with zero attached hydrogens (tertiary/aromatic N) is 6. The molecule has 10 nitrogen and oxygen atoms in total. The van der Waals surface area contributed by atoms with Crippen LogP contribution in [0.1, 0.15) is 11.3 Å². The quantitative estimate of drug-likeness (QED) is 0.480. The molecule has 0 fully saturated rings. The molecule has 0 aliphatic rings. The zero-order valence-corrected chi connectivity index (χ0v) is 15.8. The lowest BCUT2D eigenvalue weighted by molar-refractivity contribution is -0.146. The van der Waals surface area contributed by atoms with Crippen LogP contribution in [0, 0.1) is 12.7 Å². The van der Waals surface area contributed by atoms with Gasteiger partial charge in [0.1, 0.15) is 17.8 Å². The largest absolute Gasteiger partial charge is 0.455 e. The summed E-state index contributed by atoms with van der Waals surface area (Å²) < 4.78 is 22.1. The Bertz CT molecular complexity index is 1220. The molecule has 1 amide bonds. The molecule has 0 saturated heterocycles. The number of carbonyl (C=O) groups excluding carboxylic acids is 2. The third kappa shape index (κ3) is 3.99. The monoisotopic (exact) mass is 409 g/mol. The Morgan fingerprint density at radius 1 is 1.27 bits per heavy atom. The number of aryl methyl sites for hydroxylation is 1. The second kappa shape index (κ2) is 8.07. The van der Waals surface area contributed by atoms with Crippen LogP contribution in [0.3, 0.4) is 0 Å². The summed E-state index contributed by atoms with van der Waals surface area (Å²) in [5.41, 5.74) is 2.73.